The number of hydrogen-bond donors (Lipinski definition) is 1. The van der Waals surface area contributed by atoms with E-state index in [2.05, 4.69) is 32.2 Å². The topological polar surface area (TPSA) is 57.7 Å². The van der Waals surface area contributed by atoms with Gasteiger partial charge in [-0.05, 0) is 57.2 Å². The van der Waals surface area contributed by atoms with Crippen LogP contribution in [0.25, 0.3) is 0 Å². The first-order valence-corrected chi connectivity index (χ1v) is 9.28. The van der Waals surface area contributed by atoms with Gasteiger partial charge in [-0.2, -0.15) is 0 Å². The molecule has 1 N–H and O–H groups in total. The van der Waals surface area contributed by atoms with E-state index in [0.717, 1.165) is 37.7 Å². The van der Waals surface area contributed by atoms with E-state index in [1.54, 1.807) is 19.4 Å². The van der Waals surface area contributed by atoms with Crippen LogP contribution < -0.4 is 19.9 Å². The Morgan fingerprint density at radius 2 is 1.67 bits per heavy atom. The Hall–Kier alpha value is -2.76. The highest BCUT2D eigenvalue weighted by atomic mass is 16.5. The lowest BCUT2D eigenvalue weighted by atomic mass is 10.1. The largest absolute Gasteiger partial charge is 0.497 e. The van der Waals surface area contributed by atoms with Gasteiger partial charge in [0.05, 0.1) is 7.11 Å². The first-order valence-electron chi connectivity index (χ1n) is 9.28. The molecule has 0 bridgehead atoms. The number of aromatic nitrogens is 1. The van der Waals surface area contributed by atoms with Gasteiger partial charge in [0.15, 0.2) is 0 Å². The molecule has 1 fully saturated rings. The van der Waals surface area contributed by atoms with E-state index in [1.807, 2.05) is 39.0 Å². The zero-order chi connectivity index (χ0) is 19.4. The van der Waals surface area contributed by atoms with Gasteiger partial charge in [0.2, 0.25) is 0 Å². The van der Waals surface area contributed by atoms with Crippen molar-refractivity contribution in [1.29, 1.82) is 0 Å². The van der Waals surface area contributed by atoms with Crippen molar-refractivity contribution in [2.24, 2.45) is 0 Å². The average Bonchev–Trinajstić information content (AvgIpc) is 2.67. The quantitative estimate of drug-likeness (QED) is 0.899. The maximum absolute atomic E-state index is 12.4. The van der Waals surface area contributed by atoms with Crippen molar-refractivity contribution in [1.82, 2.24) is 10.3 Å². The van der Waals surface area contributed by atoms with Gasteiger partial charge in [-0.25, -0.2) is 4.98 Å². The number of methoxy groups -OCH3 is 1. The SMILES string of the molecule is COc1ccc(N2CCN(c3cc(C(=O)NC(C)(C)C)ccn3)CC2)cc1. The van der Waals surface area contributed by atoms with E-state index in [0.29, 0.717) is 5.56 Å². The number of carbonyl (C=O) groups excluding carboxylic acids is 1. The molecule has 27 heavy (non-hydrogen) atoms. The molecule has 2 aromatic rings. The second-order valence-corrected chi connectivity index (χ2v) is 7.78. The summed E-state index contributed by atoms with van der Waals surface area (Å²) in [5.74, 6) is 1.65. The van der Waals surface area contributed by atoms with E-state index in [1.165, 1.54) is 5.69 Å². The Kier molecular flexibility index (Phi) is 5.54. The van der Waals surface area contributed by atoms with Gasteiger partial charge in [0.1, 0.15) is 11.6 Å². The van der Waals surface area contributed by atoms with Crippen LogP contribution in [-0.4, -0.2) is 49.7 Å². The smallest absolute Gasteiger partial charge is 0.251 e. The molecule has 144 valence electrons. The maximum atomic E-state index is 12.4. The Balaban J connectivity index is 1.63. The number of pyridine rings is 1. The van der Waals surface area contributed by atoms with Crippen LogP contribution in [0.5, 0.6) is 5.75 Å². The van der Waals surface area contributed by atoms with Crippen LogP contribution in [0.1, 0.15) is 31.1 Å². The molecule has 0 saturated carbocycles. The van der Waals surface area contributed by atoms with E-state index < -0.39 is 0 Å². The van der Waals surface area contributed by atoms with Gasteiger partial charge in [-0.3, -0.25) is 4.79 Å². The van der Waals surface area contributed by atoms with Crippen molar-refractivity contribution in [3.63, 3.8) is 0 Å². The molecule has 1 aromatic heterocycles. The van der Waals surface area contributed by atoms with Gasteiger partial charge < -0.3 is 19.9 Å². The summed E-state index contributed by atoms with van der Waals surface area (Å²) < 4.78 is 5.22. The van der Waals surface area contributed by atoms with Crippen molar-refractivity contribution in [2.45, 2.75) is 26.3 Å². The summed E-state index contributed by atoms with van der Waals surface area (Å²) in [4.78, 5) is 21.5. The van der Waals surface area contributed by atoms with Gasteiger partial charge >= 0.3 is 0 Å². The van der Waals surface area contributed by atoms with E-state index in [9.17, 15) is 4.79 Å². The van der Waals surface area contributed by atoms with E-state index in [-0.39, 0.29) is 11.4 Å². The summed E-state index contributed by atoms with van der Waals surface area (Å²) in [7, 11) is 1.68. The molecule has 0 aliphatic carbocycles. The third-order valence-electron chi connectivity index (χ3n) is 4.54. The second kappa shape index (κ2) is 7.86. The molecule has 2 heterocycles. The number of anilines is 2. The lowest BCUT2D eigenvalue weighted by molar-refractivity contribution is 0.0919. The predicted molar refractivity (Wildman–Crippen MR) is 109 cm³/mol. The summed E-state index contributed by atoms with van der Waals surface area (Å²) >= 11 is 0. The molecular weight excluding hydrogens is 340 g/mol. The first-order chi connectivity index (χ1) is 12.9. The van der Waals surface area contributed by atoms with Gasteiger partial charge in [0.25, 0.3) is 5.91 Å². The number of hydrogen-bond acceptors (Lipinski definition) is 5. The summed E-state index contributed by atoms with van der Waals surface area (Å²) in [5.41, 5.74) is 1.58. The number of amides is 1. The Bertz CT molecular complexity index is 776. The zero-order valence-electron chi connectivity index (χ0n) is 16.5. The Morgan fingerprint density at radius 1 is 1.04 bits per heavy atom. The number of benzene rings is 1. The highest BCUT2D eigenvalue weighted by molar-refractivity contribution is 5.95. The third-order valence-corrected chi connectivity index (χ3v) is 4.54. The second-order valence-electron chi connectivity index (χ2n) is 7.78. The monoisotopic (exact) mass is 368 g/mol. The van der Waals surface area contributed by atoms with Gasteiger partial charge in [-0.1, -0.05) is 0 Å². The fraction of sp³-hybridized carbons (Fsp3) is 0.429. The fourth-order valence-electron chi connectivity index (χ4n) is 3.13. The predicted octanol–water partition coefficient (Wildman–Crippen LogP) is 2.95. The van der Waals surface area contributed by atoms with E-state index in [4.69, 9.17) is 4.74 Å². The number of piperazine rings is 1. The lowest BCUT2D eigenvalue weighted by Gasteiger charge is -2.36. The highest BCUT2D eigenvalue weighted by Gasteiger charge is 2.20. The number of rotatable bonds is 4. The van der Waals surface area contributed by atoms with Crippen molar-refractivity contribution in [3.8, 4) is 5.75 Å². The van der Waals surface area contributed by atoms with Gasteiger partial charge in [0, 0.05) is 49.2 Å². The summed E-state index contributed by atoms with van der Waals surface area (Å²) in [5, 5.41) is 3.00. The summed E-state index contributed by atoms with van der Waals surface area (Å²) in [6.45, 7) is 9.48. The number of nitrogens with one attached hydrogen (secondary N) is 1. The minimum Gasteiger partial charge on any atom is -0.497 e. The lowest BCUT2D eigenvalue weighted by Crippen LogP contribution is -2.47. The van der Waals surface area contributed by atoms with Crippen molar-refractivity contribution in [3.05, 3.63) is 48.2 Å². The van der Waals surface area contributed by atoms with Crippen LogP contribution in [0.15, 0.2) is 42.6 Å². The number of nitrogens with zero attached hydrogens (tertiary/aromatic N) is 3. The van der Waals surface area contributed by atoms with Crippen LogP contribution in [-0.2, 0) is 0 Å². The van der Waals surface area contributed by atoms with E-state index >= 15 is 0 Å². The van der Waals surface area contributed by atoms with Crippen LogP contribution in [0, 0.1) is 0 Å². The Morgan fingerprint density at radius 3 is 2.26 bits per heavy atom. The van der Waals surface area contributed by atoms with Gasteiger partial charge in [-0.15, -0.1) is 0 Å². The molecule has 0 unspecified atom stereocenters. The molecule has 1 aliphatic rings. The number of carbonyl (C=O) groups is 1. The third kappa shape index (κ3) is 4.90. The normalized spacial score (nSPS) is 14.8. The minimum absolute atomic E-state index is 0.0666. The van der Waals surface area contributed by atoms with Crippen LogP contribution in [0.3, 0.4) is 0 Å². The molecule has 6 nitrogen and oxygen atoms in total. The standard InChI is InChI=1S/C21H28N4O2/c1-21(2,3)23-20(26)16-9-10-22-19(15-16)25-13-11-24(12-14-25)17-5-7-18(27-4)8-6-17/h5-10,15H,11-14H2,1-4H3,(H,23,26). The molecular formula is C21H28N4O2. The Labute approximate surface area is 161 Å². The van der Waals surface area contributed by atoms with Crippen molar-refractivity contribution >= 4 is 17.4 Å². The molecule has 1 aliphatic heterocycles. The molecule has 1 saturated heterocycles. The first kappa shape index (κ1) is 19.0. The van der Waals surface area contributed by atoms with Crippen LogP contribution >= 0.6 is 0 Å². The van der Waals surface area contributed by atoms with Crippen LogP contribution in [0.4, 0.5) is 11.5 Å². The molecule has 0 atom stereocenters. The molecule has 6 heteroatoms. The summed E-state index contributed by atoms with van der Waals surface area (Å²) in [6, 6.07) is 11.8. The van der Waals surface area contributed by atoms with Crippen LogP contribution in [0.2, 0.25) is 0 Å². The minimum atomic E-state index is -0.259. The maximum Gasteiger partial charge on any atom is 0.251 e. The molecule has 1 aromatic carbocycles. The molecule has 1 amide bonds. The molecule has 0 spiro atoms. The number of ether oxygens (including phenoxy) is 1. The molecule has 0 radical (unpaired) electrons. The fourth-order valence-corrected chi connectivity index (χ4v) is 3.13. The van der Waals surface area contributed by atoms with Crippen molar-refractivity contribution in [2.75, 3.05) is 43.1 Å². The zero-order valence-corrected chi connectivity index (χ0v) is 16.5. The summed E-state index contributed by atoms with van der Waals surface area (Å²) in [6.07, 6.45) is 1.71. The molecule has 3 rings (SSSR count). The highest BCUT2D eigenvalue weighted by Crippen LogP contribution is 2.22. The van der Waals surface area contributed by atoms with Crippen molar-refractivity contribution < 1.29 is 9.53 Å². The average molecular weight is 368 g/mol.